The van der Waals surface area contributed by atoms with Gasteiger partial charge in [-0.25, -0.2) is 4.98 Å². The van der Waals surface area contributed by atoms with Gasteiger partial charge in [0.15, 0.2) is 17.6 Å². The van der Waals surface area contributed by atoms with E-state index in [9.17, 15) is 0 Å². The minimum absolute atomic E-state index is 0.214. The lowest BCUT2D eigenvalue weighted by atomic mass is 10.1. The number of nitrogens with zero attached hydrogens (tertiary/aromatic N) is 1. The summed E-state index contributed by atoms with van der Waals surface area (Å²) in [6.45, 7) is 8.14. The van der Waals surface area contributed by atoms with Crippen LogP contribution in [0.4, 0.5) is 0 Å². The van der Waals surface area contributed by atoms with Crippen LogP contribution in [0.2, 0.25) is 0 Å². The Morgan fingerprint density at radius 1 is 1.12 bits per heavy atom. The molecule has 0 spiro atoms. The summed E-state index contributed by atoms with van der Waals surface area (Å²) in [6.07, 6.45) is 3.81. The van der Waals surface area contributed by atoms with E-state index in [-0.39, 0.29) is 6.10 Å². The summed E-state index contributed by atoms with van der Waals surface area (Å²) in [6, 6.07) is 10.2. The van der Waals surface area contributed by atoms with Crippen molar-refractivity contribution in [3.8, 4) is 11.5 Å². The first-order chi connectivity index (χ1) is 12.0. The summed E-state index contributed by atoms with van der Waals surface area (Å²) in [5.74, 6) is 2.23. The maximum atomic E-state index is 6.11. The second-order valence-corrected chi connectivity index (χ2v) is 6.27. The smallest absolute Gasteiger partial charge is 0.162 e. The highest BCUT2D eigenvalue weighted by molar-refractivity contribution is 5.79. The highest BCUT2D eigenvalue weighted by atomic mass is 16.5. The van der Waals surface area contributed by atoms with Crippen LogP contribution >= 0.6 is 0 Å². The number of aromatic amines is 1. The van der Waals surface area contributed by atoms with Crippen molar-refractivity contribution in [3.63, 3.8) is 0 Å². The molecule has 0 aliphatic rings. The Morgan fingerprint density at radius 2 is 1.92 bits per heavy atom. The summed E-state index contributed by atoms with van der Waals surface area (Å²) in [5.41, 5.74) is 5.49. The summed E-state index contributed by atoms with van der Waals surface area (Å²) in [4.78, 5) is 8.10. The minimum Gasteiger partial charge on any atom is -0.493 e. The van der Waals surface area contributed by atoms with Crippen molar-refractivity contribution in [2.45, 2.75) is 33.8 Å². The first kappa shape index (κ1) is 17.1. The molecule has 1 N–H and O–H groups in total. The molecule has 4 heteroatoms. The molecule has 25 heavy (non-hydrogen) atoms. The van der Waals surface area contributed by atoms with E-state index >= 15 is 0 Å². The van der Waals surface area contributed by atoms with Crippen LogP contribution in [-0.4, -0.2) is 17.1 Å². The van der Waals surface area contributed by atoms with E-state index in [4.69, 9.17) is 14.5 Å². The number of rotatable bonds is 5. The number of benzene rings is 2. The lowest BCUT2D eigenvalue weighted by Crippen LogP contribution is -2.06. The molecule has 0 bridgehead atoms. The van der Waals surface area contributed by atoms with E-state index in [0.717, 1.165) is 28.0 Å². The second kappa shape index (κ2) is 7.01. The Balaban J connectivity index is 1.89. The summed E-state index contributed by atoms with van der Waals surface area (Å²) < 4.78 is 11.6. The monoisotopic (exact) mass is 336 g/mol. The van der Waals surface area contributed by atoms with Crippen LogP contribution in [0, 0.1) is 13.8 Å². The first-order valence-corrected chi connectivity index (χ1v) is 8.46. The van der Waals surface area contributed by atoms with Crippen LogP contribution in [0.15, 0.2) is 36.4 Å². The fourth-order valence-corrected chi connectivity index (χ4v) is 3.01. The Morgan fingerprint density at radius 3 is 2.64 bits per heavy atom. The van der Waals surface area contributed by atoms with Crippen LogP contribution in [0.3, 0.4) is 0 Å². The van der Waals surface area contributed by atoms with Crippen LogP contribution in [0.1, 0.15) is 42.5 Å². The zero-order valence-corrected chi connectivity index (χ0v) is 15.4. The molecule has 2 aromatic carbocycles. The number of aromatic nitrogens is 2. The highest BCUT2D eigenvalue weighted by Gasteiger charge is 2.16. The summed E-state index contributed by atoms with van der Waals surface area (Å²) in [5, 5.41) is 0. The van der Waals surface area contributed by atoms with Crippen molar-refractivity contribution >= 4 is 17.1 Å². The Labute approximate surface area is 148 Å². The van der Waals surface area contributed by atoms with Crippen LogP contribution in [-0.2, 0) is 0 Å². The van der Waals surface area contributed by atoms with Gasteiger partial charge in [0.05, 0.1) is 18.1 Å². The average Bonchev–Trinajstić information content (AvgIpc) is 3.01. The van der Waals surface area contributed by atoms with Gasteiger partial charge in [-0.3, -0.25) is 0 Å². The zero-order chi connectivity index (χ0) is 18.0. The minimum atomic E-state index is -0.214. The third-order valence-electron chi connectivity index (χ3n) is 4.18. The van der Waals surface area contributed by atoms with Crippen LogP contribution < -0.4 is 9.47 Å². The van der Waals surface area contributed by atoms with Crippen molar-refractivity contribution < 1.29 is 9.47 Å². The largest absolute Gasteiger partial charge is 0.493 e. The molecular weight excluding hydrogens is 312 g/mol. The number of nitrogens with one attached hydrogen (secondary N) is 1. The predicted molar refractivity (Wildman–Crippen MR) is 102 cm³/mol. The molecule has 1 atom stereocenters. The van der Waals surface area contributed by atoms with Crippen molar-refractivity contribution in [3.05, 3.63) is 58.9 Å². The SMILES string of the molecule is C/C=C/c1ccc(O[C@@H](C)c2nc3c(C)cc(C)cc3[nH]2)c(OC)c1. The number of fused-ring (bicyclic) bond motifs is 1. The van der Waals surface area contributed by atoms with Gasteiger partial charge in [-0.2, -0.15) is 0 Å². The van der Waals surface area contributed by atoms with Gasteiger partial charge < -0.3 is 14.5 Å². The standard InChI is InChI=1S/C21H24N2O2/c1-6-7-16-8-9-18(19(12-16)24-5)25-15(4)21-22-17-11-13(2)10-14(3)20(17)23-21/h6-12,15H,1-5H3,(H,22,23)/b7-6+/t15-/m0/s1. The number of methoxy groups -OCH3 is 1. The van der Waals surface area contributed by atoms with E-state index < -0.39 is 0 Å². The summed E-state index contributed by atoms with van der Waals surface area (Å²) in [7, 11) is 1.65. The first-order valence-electron chi connectivity index (χ1n) is 8.46. The fourth-order valence-electron chi connectivity index (χ4n) is 3.01. The molecular formula is C21H24N2O2. The van der Waals surface area contributed by atoms with Crippen LogP contribution in [0.25, 0.3) is 17.1 Å². The molecule has 0 aliphatic carbocycles. The van der Waals surface area contributed by atoms with E-state index in [2.05, 4.69) is 31.0 Å². The third kappa shape index (κ3) is 3.53. The number of imidazole rings is 1. The average molecular weight is 336 g/mol. The molecule has 0 fully saturated rings. The number of hydrogen-bond donors (Lipinski definition) is 1. The van der Waals surface area contributed by atoms with E-state index in [1.807, 2.05) is 44.2 Å². The van der Waals surface area contributed by atoms with E-state index in [1.165, 1.54) is 5.56 Å². The number of H-pyrrole nitrogens is 1. The molecule has 0 aliphatic heterocycles. The van der Waals surface area contributed by atoms with Gasteiger partial charge >= 0.3 is 0 Å². The molecule has 3 aromatic rings. The maximum Gasteiger partial charge on any atom is 0.162 e. The zero-order valence-electron chi connectivity index (χ0n) is 15.4. The van der Waals surface area contributed by atoms with E-state index in [1.54, 1.807) is 7.11 Å². The summed E-state index contributed by atoms with van der Waals surface area (Å²) >= 11 is 0. The molecule has 0 radical (unpaired) electrons. The fraction of sp³-hybridized carbons (Fsp3) is 0.286. The number of aryl methyl sites for hydroxylation is 2. The molecule has 1 aromatic heterocycles. The second-order valence-electron chi connectivity index (χ2n) is 6.27. The Kier molecular flexibility index (Phi) is 4.79. The number of allylic oxidation sites excluding steroid dienone is 1. The third-order valence-corrected chi connectivity index (χ3v) is 4.18. The van der Waals surface area contributed by atoms with Gasteiger partial charge in [0.1, 0.15) is 5.82 Å². The van der Waals surface area contributed by atoms with Crippen molar-refractivity contribution in [2.75, 3.05) is 7.11 Å². The van der Waals surface area contributed by atoms with Crippen molar-refractivity contribution in [2.24, 2.45) is 0 Å². The lowest BCUT2D eigenvalue weighted by Gasteiger charge is -2.15. The van der Waals surface area contributed by atoms with Gasteiger partial charge in [0, 0.05) is 0 Å². The molecule has 0 unspecified atom stereocenters. The van der Waals surface area contributed by atoms with Gasteiger partial charge in [-0.1, -0.05) is 24.3 Å². The number of hydrogen-bond acceptors (Lipinski definition) is 3. The van der Waals surface area contributed by atoms with Gasteiger partial charge in [0.2, 0.25) is 0 Å². The van der Waals surface area contributed by atoms with Crippen molar-refractivity contribution in [1.82, 2.24) is 9.97 Å². The van der Waals surface area contributed by atoms with Gasteiger partial charge in [0.25, 0.3) is 0 Å². The molecule has 1 heterocycles. The molecule has 130 valence electrons. The predicted octanol–water partition coefficient (Wildman–Crippen LogP) is 5.36. The molecule has 0 saturated carbocycles. The highest BCUT2D eigenvalue weighted by Crippen LogP contribution is 2.32. The normalized spacial score (nSPS) is 12.7. The maximum absolute atomic E-state index is 6.11. The Bertz CT molecular complexity index is 925. The molecule has 4 nitrogen and oxygen atoms in total. The quantitative estimate of drug-likeness (QED) is 0.682. The van der Waals surface area contributed by atoms with E-state index in [0.29, 0.717) is 11.5 Å². The lowest BCUT2D eigenvalue weighted by molar-refractivity contribution is 0.208. The van der Waals surface area contributed by atoms with Gasteiger partial charge in [-0.05, 0) is 62.6 Å². The molecule has 0 saturated heterocycles. The number of ether oxygens (including phenoxy) is 2. The molecule has 3 rings (SSSR count). The molecule has 0 amide bonds. The van der Waals surface area contributed by atoms with Crippen molar-refractivity contribution in [1.29, 1.82) is 0 Å². The topological polar surface area (TPSA) is 47.1 Å². The Hall–Kier alpha value is -2.75. The van der Waals surface area contributed by atoms with Crippen LogP contribution in [0.5, 0.6) is 11.5 Å². The van der Waals surface area contributed by atoms with Gasteiger partial charge in [-0.15, -0.1) is 0 Å².